The summed E-state index contributed by atoms with van der Waals surface area (Å²) in [5.74, 6) is -0.0583. The maximum Gasteiger partial charge on any atom is 0.128 e. The molecule has 0 aliphatic rings. The van der Waals surface area contributed by atoms with E-state index in [2.05, 4.69) is 19.2 Å². The van der Waals surface area contributed by atoms with Crippen molar-refractivity contribution in [3.8, 4) is 0 Å². The van der Waals surface area contributed by atoms with E-state index in [1.54, 1.807) is 6.07 Å². The van der Waals surface area contributed by atoms with E-state index >= 15 is 0 Å². The van der Waals surface area contributed by atoms with Crippen LogP contribution in [0.5, 0.6) is 0 Å². The molecule has 0 fully saturated rings. The van der Waals surface area contributed by atoms with Gasteiger partial charge in [0.1, 0.15) is 5.82 Å². The van der Waals surface area contributed by atoms with Crippen LogP contribution in [0.3, 0.4) is 0 Å². The number of benzene rings is 1. The lowest BCUT2D eigenvalue weighted by Gasteiger charge is -2.08. The number of aryl methyl sites for hydroxylation is 1. The minimum absolute atomic E-state index is 0.0583. The van der Waals surface area contributed by atoms with Gasteiger partial charge in [0.25, 0.3) is 0 Å². The first kappa shape index (κ1) is 16.0. The highest BCUT2D eigenvalue weighted by Crippen LogP contribution is 2.17. The summed E-state index contributed by atoms with van der Waals surface area (Å²) in [6, 6.07) is 5.58. The molecule has 0 bridgehead atoms. The first-order chi connectivity index (χ1) is 9.27. The highest BCUT2D eigenvalue weighted by atomic mass is 19.1. The van der Waals surface area contributed by atoms with E-state index in [9.17, 15) is 4.39 Å². The van der Waals surface area contributed by atoms with Gasteiger partial charge in [0, 0.05) is 12.2 Å². The molecule has 1 aromatic rings. The lowest BCUT2D eigenvalue weighted by molar-refractivity contribution is 0.594. The van der Waals surface area contributed by atoms with Crippen molar-refractivity contribution < 1.29 is 4.39 Å². The van der Waals surface area contributed by atoms with Gasteiger partial charge in [-0.05, 0) is 37.0 Å². The van der Waals surface area contributed by atoms with Crippen molar-refractivity contribution in [2.45, 2.75) is 65.2 Å². The molecule has 1 aromatic carbocycles. The summed E-state index contributed by atoms with van der Waals surface area (Å²) in [5.41, 5.74) is 1.76. The molecule has 1 nitrogen and oxygen atoms in total. The Labute approximate surface area is 117 Å². The fraction of sp³-hybridized carbons (Fsp3) is 0.647. The number of rotatable bonds is 10. The fourth-order valence-corrected chi connectivity index (χ4v) is 2.21. The SMILES string of the molecule is CCCCCCc1ccc(NCCCCC)cc1F. The van der Waals surface area contributed by atoms with E-state index in [-0.39, 0.29) is 5.82 Å². The van der Waals surface area contributed by atoms with Gasteiger partial charge in [0.15, 0.2) is 0 Å². The molecule has 0 amide bonds. The Morgan fingerprint density at radius 3 is 2.37 bits per heavy atom. The molecule has 19 heavy (non-hydrogen) atoms. The molecule has 1 rings (SSSR count). The standard InChI is InChI=1S/C17H28FN/c1-3-5-7-8-10-15-11-12-16(14-17(15)18)19-13-9-6-4-2/h11-12,14,19H,3-10,13H2,1-2H3. The zero-order valence-electron chi connectivity index (χ0n) is 12.5. The minimum atomic E-state index is -0.0583. The molecule has 0 saturated carbocycles. The maximum atomic E-state index is 13.9. The van der Waals surface area contributed by atoms with Crippen LogP contribution in [-0.2, 0) is 6.42 Å². The Kier molecular flexibility index (Phi) is 8.28. The predicted octanol–water partition coefficient (Wildman–Crippen LogP) is 5.55. The zero-order chi connectivity index (χ0) is 13.9. The van der Waals surface area contributed by atoms with Crippen LogP contribution in [-0.4, -0.2) is 6.54 Å². The summed E-state index contributed by atoms with van der Waals surface area (Å²) in [5, 5.41) is 3.28. The lowest BCUT2D eigenvalue weighted by Crippen LogP contribution is -2.02. The highest BCUT2D eigenvalue weighted by molar-refractivity contribution is 5.45. The van der Waals surface area contributed by atoms with E-state index in [0.717, 1.165) is 37.1 Å². The molecular weight excluding hydrogens is 237 g/mol. The van der Waals surface area contributed by atoms with Gasteiger partial charge < -0.3 is 5.32 Å². The zero-order valence-corrected chi connectivity index (χ0v) is 12.5. The number of hydrogen-bond acceptors (Lipinski definition) is 1. The van der Waals surface area contributed by atoms with Crippen molar-refractivity contribution in [3.05, 3.63) is 29.6 Å². The van der Waals surface area contributed by atoms with Gasteiger partial charge in [-0.2, -0.15) is 0 Å². The normalized spacial score (nSPS) is 10.7. The second kappa shape index (κ2) is 9.82. The van der Waals surface area contributed by atoms with Crippen LogP contribution in [0.25, 0.3) is 0 Å². The fourth-order valence-electron chi connectivity index (χ4n) is 2.21. The molecule has 0 heterocycles. The molecule has 0 atom stereocenters. The average molecular weight is 265 g/mol. The summed E-state index contributed by atoms with van der Waals surface area (Å²) in [7, 11) is 0. The first-order valence-electron chi connectivity index (χ1n) is 7.80. The van der Waals surface area contributed by atoms with Gasteiger partial charge in [-0.25, -0.2) is 4.39 Å². The van der Waals surface area contributed by atoms with E-state index in [1.807, 2.05) is 12.1 Å². The predicted molar refractivity (Wildman–Crippen MR) is 82.3 cm³/mol. The molecule has 2 heteroatoms. The van der Waals surface area contributed by atoms with Gasteiger partial charge in [-0.3, -0.25) is 0 Å². The Bertz CT molecular complexity index is 349. The van der Waals surface area contributed by atoms with Gasteiger partial charge in [0.2, 0.25) is 0 Å². The maximum absolute atomic E-state index is 13.9. The summed E-state index contributed by atoms with van der Waals surface area (Å²) in [4.78, 5) is 0. The molecule has 0 unspecified atom stereocenters. The summed E-state index contributed by atoms with van der Waals surface area (Å²) in [6.45, 7) is 5.32. The Hall–Kier alpha value is -1.05. The third kappa shape index (κ3) is 6.60. The highest BCUT2D eigenvalue weighted by Gasteiger charge is 2.03. The summed E-state index contributed by atoms with van der Waals surface area (Å²) < 4.78 is 13.9. The lowest BCUT2D eigenvalue weighted by atomic mass is 10.1. The van der Waals surface area contributed by atoms with Crippen LogP contribution >= 0.6 is 0 Å². The quantitative estimate of drug-likeness (QED) is 0.547. The summed E-state index contributed by atoms with van der Waals surface area (Å²) in [6.07, 6.45) is 9.22. The molecule has 108 valence electrons. The monoisotopic (exact) mass is 265 g/mol. The van der Waals surface area contributed by atoms with Crippen molar-refractivity contribution in [3.63, 3.8) is 0 Å². The molecule has 0 aliphatic heterocycles. The number of unbranched alkanes of at least 4 members (excludes halogenated alkanes) is 5. The second-order valence-electron chi connectivity index (χ2n) is 5.25. The number of halogens is 1. The molecule has 0 saturated heterocycles. The molecule has 0 radical (unpaired) electrons. The molecule has 0 aromatic heterocycles. The largest absolute Gasteiger partial charge is 0.385 e. The van der Waals surface area contributed by atoms with Crippen molar-refractivity contribution in [1.82, 2.24) is 0 Å². The van der Waals surface area contributed by atoms with Crippen LogP contribution in [0, 0.1) is 5.82 Å². The Balaban J connectivity index is 2.36. The van der Waals surface area contributed by atoms with Crippen LogP contribution in [0.1, 0.15) is 64.4 Å². The van der Waals surface area contributed by atoms with Gasteiger partial charge >= 0.3 is 0 Å². The van der Waals surface area contributed by atoms with Gasteiger partial charge in [-0.1, -0.05) is 52.0 Å². The Morgan fingerprint density at radius 1 is 0.947 bits per heavy atom. The number of hydrogen-bond donors (Lipinski definition) is 1. The summed E-state index contributed by atoms with van der Waals surface area (Å²) >= 11 is 0. The second-order valence-corrected chi connectivity index (χ2v) is 5.25. The van der Waals surface area contributed by atoms with Gasteiger partial charge in [0.05, 0.1) is 0 Å². The van der Waals surface area contributed by atoms with Crippen molar-refractivity contribution >= 4 is 5.69 Å². The third-order valence-electron chi connectivity index (χ3n) is 3.46. The van der Waals surface area contributed by atoms with Crippen molar-refractivity contribution in [1.29, 1.82) is 0 Å². The topological polar surface area (TPSA) is 12.0 Å². The number of nitrogens with one attached hydrogen (secondary N) is 1. The van der Waals surface area contributed by atoms with E-state index in [1.165, 1.54) is 32.1 Å². The van der Waals surface area contributed by atoms with Crippen molar-refractivity contribution in [2.75, 3.05) is 11.9 Å². The van der Waals surface area contributed by atoms with Crippen LogP contribution in [0.4, 0.5) is 10.1 Å². The average Bonchev–Trinajstić information content (AvgIpc) is 2.42. The van der Waals surface area contributed by atoms with Crippen LogP contribution < -0.4 is 5.32 Å². The molecule has 0 aliphatic carbocycles. The van der Waals surface area contributed by atoms with Crippen LogP contribution in [0.2, 0.25) is 0 Å². The van der Waals surface area contributed by atoms with Crippen LogP contribution in [0.15, 0.2) is 18.2 Å². The Morgan fingerprint density at radius 2 is 1.68 bits per heavy atom. The van der Waals surface area contributed by atoms with Gasteiger partial charge in [-0.15, -0.1) is 0 Å². The molecule has 0 spiro atoms. The van der Waals surface area contributed by atoms with Crippen molar-refractivity contribution in [2.24, 2.45) is 0 Å². The van der Waals surface area contributed by atoms with E-state index in [4.69, 9.17) is 0 Å². The molecule has 1 N–H and O–H groups in total. The first-order valence-corrected chi connectivity index (χ1v) is 7.80. The number of anilines is 1. The molecular formula is C17H28FN. The minimum Gasteiger partial charge on any atom is -0.385 e. The van der Waals surface area contributed by atoms with E-state index < -0.39 is 0 Å². The van der Waals surface area contributed by atoms with E-state index in [0.29, 0.717) is 0 Å². The smallest absolute Gasteiger partial charge is 0.128 e. The third-order valence-corrected chi connectivity index (χ3v) is 3.46.